The van der Waals surface area contributed by atoms with Crippen molar-refractivity contribution in [3.05, 3.63) is 139 Å². The molecule has 1 amide bonds. The number of ether oxygens (including phenoxy) is 2. The van der Waals surface area contributed by atoms with Gasteiger partial charge in [-0.2, -0.15) is 0 Å². The molecule has 4 aromatic carbocycles. The van der Waals surface area contributed by atoms with Gasteiger partial charge >= 0.3 is 0 Å². The lowest BCUT2D eigenvalue weighted by Gasteiger charge is -2.23. The molecule has 0 aliphatic carbocycles. The predicted octanol–water partition coefficient (Wildman–Crippen LogP) is 5.26. The molecular formula is C40H37N7O5. The number of amides is 1. The fourth-order valence-corrected chi connectivity index (χ4v) is 6.65. The fourth-order valence-electron chi connectivity index (χ4n) is 6.65. The highest BCUT2D eigenvalue weighted by molar-refractivity contribution is 5.95. The molecule has 0 radical (unpaired) electrons. The average Bonchev–Trinajstić information content (AvgIpc) is 3.90. The van der Waals surface area contributed by atoms with E-state index in [9.17, 15) is 15.0 Å². The third kappa shape index (κ3) is 6.70. The van der Waals surface area contributed by atoms with Gasteiger partial charge in [0.1, 0.15) is 36.9 Å². The average molecular weight is 696 g/mol. The Balaban J connectivity index is 0.960. The minimum absolute atomic E-state index is 0.385. The monoisotopic (exact) mass is 695 g/mol. The number of fused-ring (bicyclic) bond motifs is 2. The lowest BCUT2D eigenvalue weighted by atomic mass is 10.0. The number of nitrogens with one attached hydrogen (secondary N) is 3. The highest BCUT2D eigenvalue weighted by Gasteiger charge is 2.46. The van der Waals surface area contributed by atoms with Crippen LogP contribution in [0, 0.1) is 0 Å². The standard InChI is InChI=1S/C40H37N7O5/c48-21-33-36(49)34(46-39(50)28-13-11-27(12-14-28)26-9-5-2-6-10-26)40(52-33)47-24-45-35-37(43-23-44-38(35)47)41-18-17-29-20-42-32-16-15-30(19-31(29)32)51-22-25-7-3-1-4-8-25/h1-16,19-20,23-24,33-34,36,40,42,48-49H,17-18,21-22H2,(H,46,50)(H,41,43,44)/t33-,34-,36-,40-/m1/s1. The van der Waals surface area contributed by atoms with E-state index >= 15 is 0 Å². The number of aliphatic hydroxyl groups excluding tert-OH is 2. The fraction of sp³-hybridized carbons (Fsp3) is 0.200. The molecule has 0 spiro atoms. The normalized spacial score (nSPS) is 18.5. The molecule has 1 aliphatic rings. The van der Waals surface area contributed by atoms with E-state index in [4.69, 9.17) is 9.47 Å². The first kappa shape index (κ1) is 33.1. The maximum atomic E-state index is 13.4. The van der Waals surface area contributed by atoms with Gasteiger partial charge in [0, 0.05) is 29.2 Å². The lowest BCUT2D eigenvalue weighted by molar-refractivity contribution is -0.0440. The first-order valence-corrected chi connectivity index (χ1v) is 17.1. The summed E-state index contributed by atoms with van der Waals surface area (Å²) >= 11 is 0. The zero-order valence-corrected chi connectivity index (χ0v) is 28.1. The van der Waals surface area contributed by atoms with Crippen molar-refractivity contribution in [2.24, 2.45) is 0 Å². The van der Waals surface area contributed by atoms with Gasteiger partial charge in [-0.1, -0.05) is 72.8 Å². The van der Waals surface area contributed by atoms with Gasteiger partial charge in [-0.3, -0.25) is 9.36 Å². The summed E-state index contributed by atoms with van der Waals surface area (Å²) in [5.41, 5.74) is 6.66. The molecule has 1 aliphatic heterocycles. The van der Waals surface area contributed by atoms with Crippen LogP contribution >= 0.6 is 0 Å². The molecule has 0 unspecified atom stereocenters. The van der Waals surface area contributed by atoms with Crippen LogP contribution in [-0.2, 0) is 17.8 Å². The van der Waals surface area contributed by atoms with Crippen LogP contribution in [-0.4, -0.2) is 72.0 Å². The van der Waals surface area contributed by atoms with Crippen LogP contribution in [0.15, 0.2) is 122 Å². The van der Waals surface area contributed by atoms with Gasteiger partial charge in [-0.05, 0) is 59.0 Å². The van der Waals surface area contributed by atoms with Gasteiger partial charge < -0.3 is 35.3 Å². The van der Waals surface area contributed by atoms with E-state index in [-0.39, 0.29) is 5.91 Å². The molecule has 7 aromatic rings. The minimum atomic E-state index is -1.18. The van der Waals surface area contributed by atoms with E-state index < -0.39 is 31.1 Å². The highest BCUT2D eigenvalue weighted by atomic mass is 16.5. The topological polar surface area (TPSA) is 159 Å². The van der Waals surface area contributed by atoms with E-state index in [1.165, 1.54) is 6.33 Å². The summed E-state index contributed by atoms with van der Waals surface area (Å²) in [4.78, 5) is 30.3. The zero-order valence-electron chi connectivity index (χ0n) is 28.1. The SMILES string of the molecule is O=C(N[C@@H]1[C@H](O)[C@@H](CO)O[C@H]1n1cnc2c(NCCc3c[nH]c4ccc(OCc5ccccc5)cc34)ncnc21)c1ccc(-c2ccccc2)cc1. The van der Waals surface area contributed by atoms with Crippen LogP contribution < -0.4 is 15.4 Å². The van der Waals surface area contributed by atoms with Crippen LogP contribution in [0.25, 0.3) is 33.2 Å². The number of nitrogens with zero attached hydrogens (tertiary/aromatic N) is 4. The third-order valence-corrected chi connectivity index (χ3v) is 9.41. The molecule has 0 bridgehead atoms. The molecule has 5 N–H and O–H groups in total. The van der Waals surface area contributed by atoms with E-state index in [1.807, 2.05) is 91.1 Å². The summed E-state index contributed by atoms with van der Waals surface area (Å²) in [7, 11) is 0. The molecule has 4 atom stereocenters. The van der Waals surface area contributed by atoms with Gasteiger partial charge in [0.15, 0.2) is 23.2 Å². The smallest absolute Gasteiger partial charge is 0.251 e. The largest absolute Gasteiger partial charge is 0.489 e. The van der Waals surface area contributed by atoms with Crippen molar-refractivity contribution >= 4 is 33.8 Å². The number of benzene rings is 4. The maximum Gasteiger partial charge on any atom is 0.251 e. The number of hydrogen-bond donors (Lipinski definition) is 5. The third-order valence-electron chi connectivity index (χ3n) is 9.41. The van der Waals surface area contributed by atoms with Gasteiger partial charge in [-0.25, -0.2) is 15.0 Å². The molecule has 4 heterocycles. The zero-order chi connectivity index (χ0) is 35.4. The number of hydrogen-bond acceptors (Lipinski definition) is 9. The van der Waals surface area contributed by atoms with Crippen LogP contribution in [0.5, 0.6) is 5.75 Å². The van der Waals surface area contributed by atoms with E-state index in [1.54, 1.807) is 23.0 Å². The van der Waals surface area contributed by atoms with E-state index in [2.05, 4.69) is 36.6 Å². The van der Waals surface area contributed by atoms with Crippen molar-refractivity contribution in [3.8, 4) is 16.9 Å². The van der Waals surface area contributed by atoms with Crippen molar-refractivity contribution < 1.29 is 24.5 Å². The van der Waals surface area contributed by atoms with Crippen LogP contribution in [0.2, 0.25) is 0 Å². The van der Waals surface area contributed by atoms with Gasteiger partial charge in [0.25, 0.3) is 5.91 Å². The Kier molecular flexibility index (Phi) is 9.32. The number of aromatic nitrogens is 5. The number of aliphatic hydroxyl groups is 2. The quantitative estimate of drug-likeness (QED) is 0.115. The summed E-state index contributed by atoms with van der Waals surface area (Å²) in [5.74, 6) is 0.947. The van der Waals surface area contributed by atoms with Crippen LogP contribution in [0.3, 0.4) is 0 Å². The lowest BCUT2D eigenvalue weighted by Crippen LogP contribution is -2.46. The Morgan fingerprint density at radius 2 is 1.69 bits per heavy atom. The first-order valence-electron chi connectivity index (χ1n) is 17.1. The van der Waals surface area contributed by atoms with Gasteiger partial charge in [0.2, 0.25) is 0 Å². The predicted molar refractivity (Wildman–Crippen MR) is 197 cm³/mol. The van der Waals surface area contributed by atoms with E-state index in [0.29, 0.717) is 42.1 Å². The Labute approximate surface area is 299 Å². The van der Waals surface area contributed by atoms with E-state index in [0.717, 1.165) is 38.9 Å². The molecule has 52 heavy (non-hydrogen) atoms. The second-order valence-electron chi connectivity index (χ2n) is 12.7. The summed E-state index contributed by atoms with van der Waals surface area (Å²) in [6.07, 6.45) is 2.69. The number of aromatic amines is 1. The number of imidazole rings is 1. The molecule has 8 rings (SSSR count). The molecule has 1 saturated heterocycles. The Morgan fingerprint density at radius 3 is 2.48 bits per heavy atom. The number of anilines is 1. The van der Waals surface area contributed by atoms with Crippen molar-refractivity contribution in [2.45, 2.75) is 37.5 Å². The molecule has 1 fully saturated rings. The van der Waals surface area contributed by atoms with Crippen LogP contribution in [0.1, 0.15) is 27.7 Å². The Bertz CT molecular complexity index is 2290. The number of carbonyl (C=O) groups excluding carboxylic acids is 1. The molecule has 12 heteroatoms. The summed E-state index contributed by atoms with van der Waals surface area (Å²) in [6.45, 7) is 0.623. The van der Waals surface area contributed by atoms with Crippen LogP contribution in [0.4, 0.5) is 5.82 Å². The number of rotatable bonds is 12. The first-order chi connectivity index (χ1) is 25.6. The number of carbonyl (C=O) groups is 1. The Morgan fingerprint density at radius 1 is 0.923 bits per heavy atom. The molecule has 0 saturated carbocycles. The highest BCUT2D eigenvalue weighted by Crippen LogP contribution is 2.33. The minimum Gasteiger partial charge on any atom is -0.489 e. The van der Waals surface area contributed by atoms with Crippen molar-refractivity contribution in [3.63, 3.8) is 0 Å². The molecule has 262 valence electrons. The van der Waals surface area contributed by atoms with Gasteiger partial charge in [-0.15, -0.1) is 0 Å². The van der Waals surface area contributed by atoms with Gasteiger partial charge in [0.05, 0.1) is 12.9 Å². The summed E-state index contributed by atoms with van der Waals surface area (Å²) < 4.78 is 13.8. The molecular weight excluding hydrogens is 658 g/mol. The van der Waals surface area contributed by atoms with Crippen molar-refractivity contribution in [1.29, 1.82) is 0 Å². The maximum absolute atomic E-state index is 13.4. The van der Waals surface area contributed by atoms with Crippen molar-refractivity contribution in [2.75, 3.05) is 18.5 Å². The Hall–Kier alpha value is -6.08. The molecule has 12 nitrogen and oxygen atoms in total. The summed E-state index contributed by atoms with van der Waals surface area (Å²) in [5, 5.41) is 28.5. The second-order valence-corrected chi connectivity index (χ2v) is 12.7. The second kappa shape index (κ2) is 14.6. The molecule has 3 aromatic heterocycles. The van der Waals surface area contributed by atoms with Crippen molar-refractivity contribution in [1.82, 2.24) is 29.8 Å². The summed E-state index contributed by atoms with van der Waals surface area (Å²) in [6, 6.07) is 32.3. The number of H-pyrrole nitrogens is 1.